The Morgan fingerprint density at radius 3 is 1.83 bits per heavy atom. The van der Waals surface area contributed by atoms with Gasteiger partial charge in [0, 0.05) is 12.2 Å². The zero-order valence-electron chi connectivity index (χ0n) is 18.3. The molecule has 0 saturated heterocycles. The molecule has 0 unspecified atom stereocenters. The van der Waals surface area contributed by atoms with Crippen molar-refractivity contribution in [3.8, 4) is 0 Å². The minimum Gasteiger partial charge on any atom is -0.396 e. The Hall–Kier alpha value is -2.18. The number of ether oxygens (including phenoxy) is 1. The van der Waals surface area contributed by atoms with Gasteiger partial charge in [-0.05, 0) is 49.1 Å². The molecule has 12 heteroatoms. The van der Waals surface area contributed by atoms with Gasteiger partial charge in [0.2, 0.25) is 0 Å². The SMILES string of the molecule is O=S(=O)(c1ccc(F)cc1)C1(c2ccc(C(OCCCO)(C(F)(F)F)C(F)(F)F)cc2)CCCC1. The standard InChI is InChI=1S/C23H23F7O4S/c24-18-8-10-19(11-9-18)35(32,33)20(12-1-2-13-20)16-4-6-17(7-5-16)21(22(25,26)27,23(28,29)30)34-15-3-14-31/h4-11,31H,1-3,12-15H2. The minimum atomic E-state index is -5.90. The lowest BCUT2D eigenvalue weighted by atomic mass is 9.88. The molecule has 2 aromatic rings. The van der Waals surface area contributed by atoms with Crippen LogP contribution in [0.4, 0.5) is 30.7 Å². The van der Waals surface area contributed by atoms with Crippen LogP contribution in [0.1, 0.15) is 43.2 Å². The van der Waals surface area contributed by atoms with Crippen molar-refractivity contribution < 1.29 is 49.0 Å². The Bertz CT molecular complexity index is 1090. The van der Waals surface area contributed by atoms with E-state index in [9.17, 15) is 39.2 Å². The van der Waals surface area contributed by atoms with Crippen molar-refractivity contribution >= 4 is 9.84 Å². The average molecular weight is 528 g/mol. The van der Waals surface area contributed by atoms with Gasteiger partial charge in [0.05, 0.1) is 11.5 Å². The topological polar surface area (TPSA) is 63.6 Å². The average Bonchev–Trinajstić information content (AvgIpc) is 3.27. The molecule has 1 saturated carbocycles. The van der Waals surface area contributed by atoms with Crippen molar-refractivity contribution in [3.05, 3.63) is 65.5 Å². The van der Waals surface area contributed by atoms with Gasteiger partial charge < -0.3 is 9.84 Å². The fourth-order valence-electron chi connectivity index (χ4n) is 4.53. The second kappa shape index (κ2) is 9.70. The maximum Gasteiger partial charge on any atom is 0.430 e. The van der Waals surface area contributed by atoms with E-state index < -0.39 is 63.6 Å². The first-order valence-electron chi connectivity index (χ1n) is 10.7. The Morgan fingerprint density at radius 2 is 1.37 bits per heavy atom. The third-order valence-corrected chi connectivity index (χ3v) is 8.85. The summed E-state index contributed by atoms with van der Waals surface area (Å²) in [6.07, 6.45) is -11.1. The number of hydrogen-bond donors (Lipinski definition) is 1. The van der Waals surface area contributed by atoms with E-state index in [4.69, 9.17) is 5.11 Å². The number of benzene rings is 2. The van der Waals surface area contributed by atoms with Gasteiger partial charge in [-0.1, -0.05) is 37.1 Å². The number of rotatable bonds is 8. The van der Waals surface area contributed by atoms with Crippen LogP contribution in [-0.4, -0.2) is 39.1 Å². The summed E-state index contributed by atoms with van der Waals surface area (Å²) in [6, 6.07) is 7.13. The van der Waals surface area contributed by atoms with Crippen molar-refractivity contribution in [1.82, 2.24) is 0 Å². The molecule has 0 atom stereocenters. The third-order valence-electron chi connectivity index (χ3n) is 6.29. The van der Waals surface area contributed by atoms with Crippen LogP contribution in [0.2, 0.25) is 0 Å². The first-order chi connectivity index (χ1) is 16.2. The highest BCUT2D eigenvalue weighted by Gasteiger charge is 2.73. The summed E-state index contributed by atoms with van der Waals surface area (Å²) >= 11 is 0. The maximum absolute atomic E-state index is 13.9. The summed E-state index contributed by atoms with van der Waals surface area (Å²) in [7, 11) is -4.16. The van der Waals surface area contributed by atoms with E-state index in [0.717, 1.165) is 36.4 Å². The van der Waals surface area contributed by atoms with Crippen LogP contribution >= 0.6 is 0 Å². The molecule has 0 aromatic heterocycles. The molecule has 1 N–H and O–H groups in total. The van der Waals surface area contributed by atoms with Crippen LogP contribution < -0.4 is 0 Å². The molecule has 2 aromatic carbocycles. The van der Waals surface area contributed by atoms with E-state index in [1.54, 1.807) is 0 Å². The molecular formula is C23H23F7O4S. The van der Waals surface area contributed by atoms with E-state index in [1.807, 2.05) is 0 Å². The summed E-state index contributed by atoms with van der Waals surface area (Å²) in [5.41, 5.74) is -5.88. The van der Waals surface area contributed by atoms with E-state index >= 15 is 0 Å². The molecule has 4 nitrogen and oxygen atoms in total. The predicted octanol–water partition coefficient (Wildman–Crippen LogP) is 5.79. The molecular weight excluding hydrogens is 505 g/mol. The molecule has 0 bridgehead atoms. The molecule has 0 spiro atoms. The maximum atomic E-state index is 13.9. The van der Waals surface area contributed by atoms with Crippen LogP contribution in [0, 0.1) is 5.82 Å². The summed E-state index contributed by atoms with van der Waals surface area (Å²) < 4.78 is 126. The van der Waals surface area contributed by atoms with Crippen LogP contribution in [0.3, 0.4) is 0 Å². The predicted molar refractivity (Wildman–Crippen MR) is 112 cm³/mol. The number of hydrogen-bond acceptors (Lipinski definition) is 4. The van der Waals surface area contributed by atoms with Crippen LogP contribution in [0.5, 0.6) is 0 Å². The number of aliphatic hydroxyl groups excluding tert-OH is 1. The van der Waals surface area contributed by atoms with Gasteiger partial charge in [-0.15, -0.1) is 0 Å². The quantitative estimate of drug-likeness (QED) is 0.268. The van der Waals surface area contributed by atoms with E-state index in [2.05, 4.69) is 4.74 Å². The van der Waals surface area contributed by atoms with Gasteiger partial charge >= 0.3 is 12.4 Å². The molecule has 3 rings (SSSR count). The molecule has 194 valence electrons. The van der Waals surface area contributed by atoms with Crippen molar-refractivity contribution in [2.45, 2.75) is 59.7 Å². The normalized spacial score (nSPS) is 17.0. The van der Waals surface area contributed by atoms with Crippen molar-refractivity contribution in [2.75, 3.05) is 13.2 Å². The summed E-state index contributed by atoms with van der Waals surface area (Å²) in [6.45, 7) is -1.69. The molecule has 1 aliphatic rings. The molecule has 0 heterocycles. The third kappa shape index (κ3) is 4.67. The molecule has 0 aliphatic heterocycles. The second-order valence-corrected chi connectivity index (χ2v) is 10.6. The Kier molecular flexibility index (Phi) is 7.60. The monoisotopic (exact) mass is 528 g/mol. The van der Waals surface area contributed by atoms with Crippen LogP contribution in [-0.2, 0) is 24.9 Å². The largest absolute Gasteiger partial charge is 0.430 e. The second-order valence-electron chi connectivity index (χ2n) is 8.34. The fraction of sp³-hybridized carbons (Fsp3) is 0.478. The summed E-state index contributed by atoms with van der Waals surface area (Å²) in [5.74, 6) is -0.661. The van der Waals surface area contributed by atoms with E-state index in [1.165, 1.54) is 0 Å². The highest BCUT2D eigenvalue weighted by atomic mass is 32.2. The number of aliphatic hydroxyl groups is 1. The van der Waals surface area contributed by atoms with Gasteiger partial charge in [0.1, 0.15) is 10.6 Å². The highest BCUT2D eigenvalue weighted by Crippen LogP contribution is 2.54. The van der Waals surface area contributed by atoms with Gasteiger partial charge in [-0.2, -0.15) is 26.3 Å². The smallest absolute Gasteiger partial charge is 0.396 e. The van der Waals surface area contributed by atoms with Crippen LogP contribution in [0.25, 0.3) is 0 Å². The minimum absolute atomic E-state index is 0.0386. The Morgan fingerprint density at radius 1 is 0.857 bits per heavy atom. The molecule has 0 radical (unpaired) electrons. The summed E-state index contributed by atoms with van der Waals surface area (Å²) in [5, 5.41) is 8.79. The van der Waals surface area contributed by atoms with Crippen LogP contribution in [0.15, 0.2) is 53.4 Å². The number of halogens is 7. The molecule has 0 amide bonds. The lowest BCUT2D eigenvalue weighted by Gasteiger charge is -2.38. The van der Waals surface area contributed by atoms with E-state index in [-0.39, 0.29) is 23.3 Å². The number of sulfone groups is 1. The first kappa shape index (κ1) is 27.4. The molecule has 1 aliphatic carbocycles. The lowest BCUT2D eigenvalue weighted by Crippen LogP contribution is -2.56. The Balaban J connectivity index is 2.12. The zero-order chi connectivity index (χ0) is 26.1. The number of alkyl halides is 6. The summed E-state index contributed by atoms with van der Waals surface area (Å²) in [4.78, 5) is -0.197. The molecule has 35 heavy (non-hydrogen) atoms. The van der Waals surface area contributed by atoms with Crippen molar-refractivity contribution in [1.29, 1.82) is 0 Å². The van der Waals surface area contributed by atoms with Gasteiger partial charge in [-0.3, -0.25) is 0 Å². The highest BCUT2D eigenvalue weighted by molar-refractivity contribution is 7.92. The van der Waals surface area contributed by atoms with Gasteiger partial charge in [0.15, 0.2) is 9.84 Å². The zero-order valence-corrected chi connectivity index (χ0v) is 19.1. The fourth-order valence-corrected chi connectivity index (χ4v) is 6.75. The van der Waals surface area contributed by atoms with Crippen molar-refractivity contribution in [2.24, 2.45) is 0 Å². The first-order valence-corrected chi connectivity index (χ1v) is 12.2. The van der Waals surface area contributed by atoms with E-state index in [0.29, 0.717) is 25.0 Å². The van der Waals surface area contributed by atoms with Crippen molar-refractivity contribution in [3.63, 3.8) is 0 Å². The Labute approximate surface area is 197 Å². The lowest BCUT2D eigenvalue weighted by molar-refractivity contribution is -0.389. The van der Waals surface area contributed by atoms with Gasteiger partial charge in [0.25, 0.3) is 5.60 Å². The van der Waals surface area contributed by atoms with Gasteiger partial charge in [-0.25, -0.2) is 12.8 Å². The molecule has 1 fully saturated rings.